The monoisotopic (exact) mass is 346 g/mol. The van der Waals surface area contributed by atoms with Crippen LogP contribution in [0.5, 0.6) is 0 Å². The van der Waals surface area contributed by atoms with Crippen molar-refractivity contribution in [1.82, 2.24) is 20.2 Å². The summed E-state index contributed by atoms with van der Waals surface area (Å²) in [5.41, 5.74) is 3.11. The maximum absolute atomic E-state index is 11.5. The average Bonchev–Trinajstić information content (AvgIpc) is 3.26. The number of nitrogens with zero attached hydrogens (tertiary/aromatic N) is 4. The summed E-state index contributed by atoms with van der Waals surface area (Å²) in [7, 11) is 0. The van der Waals surface area contributed by atoms with Crippen molar-refractivity contribution in [3.63, 3.8) is 0 Å². The summed E-state index contributed by atoms with van der Waals surface area (Å²) in [5, 5.41) is 22.3. The molecule has 0 bridgehead atoms. The molecule has 4 aromatic rings. The van der Waals surface area contributed by atoms with Gasteiger partial charge in [0.05, 0.1) is 16.8 Å². The molecule has 1 aliphatic carbocycles. The zero-order chi connectivity index (χ0) is 17.7. The molecule has 0 radical (unpaired) electrons. The maximum atomic E-state index is 11.5. The molecular weight excluding hydrogens is 332 g/mol. The first-order valence-corrected chi connectivity index (χ1v) is 8.36. The second kappa shape index (κ2) is 5.52. The summed E-state index contributed by atoms with van der Waals surface area (Å²) < 4.78 is 7.16. The average molecular weight is 346 g/mol. The van der Waals surface area contributed by atoms with Crippen LogP contribution in [-0.2, 0) is 0 Å². The van der Waals surface area contributed by atoms with Crippen LogP contribution in [0, 0.1) is 0 Å². The standard InChI is InChI=1S/C19H14N4O3/c24-19(25)16-17(11-6-7-11)23(22-20-16)13-8-9-15-14(10-13)18(26-21-15)12-4-2-1-3-5-12/h1-5,8-11H,6-7H2,(H,24,25). The first-order valence-electron chi connectivity index (χ1n) is 8.36. The van der Waals surface area contributed by atoms with Gasteiger partial charge in [-0.05, 0) is 31.0 Å². The number of fused-ring (bicyclic) bond motifs is 1. The second-order valence-corrected chi connectivity index (χ2v) is 6.39. The molecule has 1 saturated carbocycles. The number of carbonyl (C=O) groups is 1. The third-order valence-electron chi connectivity index (χ3n) is 4.61. The predicted molar refractivity (Wildman–Crippen MR) is 93.3 cm³/mol. The molecule has 1 aliphatic rings. The quantitative estimate of drug-likeness (QED) is 0.606. The number of carboxylic acids is 1. The van der Waals surface area contributed by atoms with E-state index in [9.17, 15) is 9.90 Å². The van der Waals surface area contributed by atoms with Gasteiger partial charge in [0.25, 0.3) is 0 Å². The summed E-state index contributed by atoms with van der Waals surface area (Å²) in [6.45, 7) is 0. The van der Waals surface area contributed by atoms with Gasteiger partial charge in [0.1, 0.15) is 5.52 Å². The largest absolute Gasteiger partial charge is 0.476 e. The molecule has 2 heterocycles. The number of aromatic nitrogens is 4. The van der Waals surface area contributed by atoms with E-state index in [-0.39, 0.29) is 11.6 Å². The minimum atomic E-state index is -1.05. The molecule has 5 rings (SSSR count). The van der Waals surface area contributed by atoms with Crippen LogP contribution in [0.1, 0.15) is 34.9 Å². The van der Waals surface area contributed by atoms with E-state index in [1.165, 1.54) is 0 Å². The molecule has 0 aliphatic heterocycles. The van der Waals surface area contributed by atoms with Crippen molar-refractivity contribution in [1.29, 1.82) is 0 Å². The Morgan fingerprint density at radius 1 is 1.15 bits per heavy atom. The van der Waals surface area contributed by atoms with Gasteiger partial charge in [0.15, 0.2) is 11.5 Å². The molecule has 128 valence electrons. The number of rotatable bonds is 4. The van der Waals surface area contributed by atoms with Crippen LogP contribution >= 0.6 is 0 Å². The van der Waals surface area contributed by atoms with Gasteiger partial charge in [-0.15, -0.1) is 5.10 Å². The van der Waals surface area contributed by atoms with Gasteiger partial charge in [0, 0.05) is 11.5 Å². The minimum Gasteiger partial charge on any atom is -0.476 e. The molecule has 0 saturated heterocycles. The van der Waals surface area contributed by atoms with Crippen LogP contribution in [0.25, 0.3) is 27.9 Å². The summed E-state index contributed by atoms with van der Waals surface area (Å²) in [5.74, 6) is -0.175. The fourth-order valence-electron chi connectivity index (χ4n) is 3.21. The van der Waals surface area contributed by atoms with Crippen molar-refractivity contribution in [3.8, 4) is 17.0 Å². The Bertz CT molecular complexity index is 1130. The van der Waals surface area contributed by atoms with Gasteiger partial charge < -0.3 is 9.63 Å². The van der Waals surface area contributed by atoms with Gasteiger partial charge in [0.2, 0.25) is 0 Å². The Labute approximate surface area is 147 Å². The van der Waals surface area contributed by atoms with E-state index in [1.54, 1.807) is 4.68 Å². The highest BCUT2D eigenvalue weighted by Crippen LogP contribution is 2.42. The Morgan fingerprint density at radius 3 is 2.69 bits per heavy atom. The normalized spacial score (nSPS) is 14.0. The molecule has 7 nitrogen and oxygen atoms in total. The molecule has 1 N–H and O–H groups in total. The van der Waals surface area contributed by atoms with E-state index in [0.29, 0.717) is 11.5 Å². The zero-order valence-electron chi connectivity index (χ0n) is 13.7. The van der Waals surface area contributed by atoms with Gasteiger partial charge in [-0.3, -0.25) is 0 Å². The molecule has 26 heavy (non-hydrogen) atoms. The summed E-state index contributed by atoms with van der Waals surface area (Å²) in [4.78, 5) is 11.5. The van der Waals surface area contributed by atoms with Gasteiger partial charge in [-0.2, -0.15) is 0 Å². The van der Waals surface area contributed by atoms with Gasteiger partial charge in [-0.25, -0.2) is 9.48 Å². The molecule has 7 heteroatoms. The highest BCUT2D eigenvalue weighted by atomic mass is 16.5. The van der Waals surface area contributed by atoms with E-state index < -0.39 is 5.97 Å². The van der Waals surface area contributed by atoms with Crippen molar-refractivity contribution < 1.29 is 14.4 Å². The molecule has 2 aromatic carbocycles. The molecule has 0 atom stereocenters. The number of benzene rings is 2. The Morgan fingerprint density at radius 2 is 1.96 bits per heavy atom. The Kier molecular flexibility index (Phi) is 3.15. The zero-order valence-corrected chi connectivity index (χ0v) is 13.7. The molecule has 0 unspecified atom stereocenters. The maximum Gasteiger partial charge on any atom is 0.358 e. The van der Waals surface area contributed by atoms with Crippen LogP contribution in [0.4, 0.5) is 0 Å². The van der Waals surface area contributed by atoms with Gasteiger partial charge in [-0.1, -0.05) is 40.7 Å². The molecule has 0 amide bonds. The van der Waals surface area contributed by atoms with Crippen molar-refractivity contribution in [2.45, 2.75) is 18.8 Å². The fourth-order valence-corrected chi connectivity index (χ4v) is 3.21. The van der Waals surface area contributed by atoms with E-state index in [0.717, 1.165) is 35.0 Å². The Hall–Kier alpha value is -3.48. The van der Waals surface area contributed by atoms with Crippen LogP contribution in [0.3, 0.4) is 0 Å². The lowest BCUT2D eigenvalue weighted by molar-refractivity contribution is 0.0689. The van der Waals surface area contributed by atoms with Crippen molar-refractivity contribution in [2.75, 3.05) is 0 Å². The van der Waals surface area contributed by atoms with Crippen LogP contribution in [0.2, 0.25) is 0 Å². The highest BCUT2D eigenvalue weighted by Gasteiger charge is 2.34. The highest BCUT2D eigenvalue weighted by molar-refractivity contribution is 5.93. The van der Waals surface area contributed by atoms with Crippen LogP contribution in [0.15, 0.2) is 53.1 Å². The lowest BCUT2D eigenvalue weighted by Crippen LogP contribution is -2.05. The summed E-state index contributed by atoms with van der Waals surface area (Å²) in [6.07, 6.45) is 1.91. The SMILES string of the molecule is O=C(O)c1nnn(-c2ccc3noc(-c4ccccc4)c3c2)c1C1CC1. The molecular formula is C19H14N4O3. The lowest BCUT2D eigenvalue weighted by Gasteiger charge is -2.06. The van der Waals surface area contributed by atoms with E-state index >= 15 is 0 Å². The van der Waals surface area contributed by atoms with Crippen molar-refractivity contribution in [3.05, 3.63) is 59.9 Å². The third-order valence-corrected chi connectivity index (χ3v) is 4.61. The first-order chi connectivity index (χ1) is 12.7. The number of hydrogen-bond donors (Lipinski definition) is 1. The molecule has 2 aromatic heterocycles. The van der Waals surface area contributed by atoms with Gasteiger partial charge >= 0.3 is 5.97 Å². The number of aromatic carboxylic acids is 1. The predicted octanol–water partition coefficient (Wildman–Crippen LogP) is 3.65. The van der Waals surface area contributed by atoms with Crippen LogP contribution in [-0.4, -0.2) is 31.2 Å². The van der Waals surface area contributed by atoms with Crippen molar-refractivity contribution >= 4 is 16.9 Å². The summed E-state index contributed by atoms with van der Waals surface area (Å²) >= 11 is 0. The van der Waals surface area contributed by atoms with Crippen LogP contribution < -0.4 is 0 Å². The lowest BCUT2D eigenvalue weighted by atomic mass is 10.1. The smallest absolute Gasteiger partial charge is 0.358 e. The molecule has 0 spiro atoms. The van der Waals surface area contributed by atoms with Crippen molar-refractivity contribution in [2.24, 2.45) is 0 Å². The van der Waals surface area contributed by atoms with E-state index in [4.69, 9.17) is 4.52 Å². The number of carboxylic acid groups (broad SMARTS) is 1. The summed E-state index contributed by atoms with van der Waals surface area (Å²) in [6, 6.07) is 15.4. The van der Waals surface area contributed by atoms with E-state index in [1.807, 2.05) is 48.5 Å². The Balaban J connectivity index is 1.68. The minimum absolute atomic E-state index is 0.0289. The second-order valence-electron chi connectivity index (χ2n) is 6.39. The van der Waals surface area contributed by atoms with E-state index in [2.05, 4.69) is 15.5 Å². The number of hydrogen-bond acceptors (Lipinski definition) is 5. The first kappa shape index (κ1) is 14.8. The fraction of sp³-hybridized carbons (Fsp3) is 0.158. The topological polar surface area (TPSA) is 94.0 Å². The third kappa shape index (κ3) is 2.28. The molecule has 1 fully saturated rings.